The van der Waals surface area contributed by atoms with Crippen LogP contribution in [0.4, 0.5) is 0 Å². The van der Waals surface area contributed by atoms with Gasteiger partial charge in [-0.15, -0.1) is 24.8 Å². The first kappa shape index (κ1) is 22.2. The summed E-state index contributed by atoms with van der Waals surface area (Å²) in [4.78, 5) is 16.9. The standard InChI is InChI=1S/C18H27N3O2.2ClH/c19-12-16-7-4-8-21(16)18(22)11-17-14-20(9-10-23-17)13-15-5-2-1-3-6-15;;/h1-3,5-6,16-17H,4,7-14,19H2;2*1H. The molecule has 0 saturated carbocycles. The lowest BCUT2D eigenvalue weighted by Gasteiger charge is -2.34. The van der Waals surface area contributed by atoms with Crippen LogP contribution in [0.3, 0.4) is 0 Å². The third-order valence-corrected chi connectivity index (χ3v) is 4.84. The fraction of sp³-hybridized carbons (Fsp3) is 0.611. The number of ether oxygens (including phenoxy) is 1. The van der Waals surface area contributed by atoms with Gasteiger partial charge in [0.05, 0.1) is 19.1 Å². The van der Waals surface area contributed by atoms with E-state index in [0.717, 1.165) is 39.0 Å². The Labute approximate surface area is 162 Å². The summed E-state index contributed by atoms with van der Waals surface area (Å²) < 4.78 is 5.82. The average molecular weight is 390 g/mol. The molecule has 25 heavy (non-hydrogen) atoms. The van der Waals surface area contributed by atoms with E-state index in [1.54, 1.807) is 0 Å². The molecule has 0 aliphatic carbocycles. The van der Waals surface area contributed by atoms with E-state index in [4.69, 9.17) is 10.5 Å². The molecule has 2 fully saturated rings. The van der Waals surface area contributed by atoms with E-state index in [9.17, 15) is 4.79 Å². The molecule has 1 aromatic carbocycles. The Morgan fingerprint density at radius 1 is 1.20 bits per heavy atom. The minimum Gasteiger partial charge on any atom is -0.375 e. The number of carbonyl (C=O) groups excluding carboxylic acids is 1. The summed E-state index contributed by atoms with van der Waals surface area (Å²) in [7, 11) is 0. The third-order valence-electron chi connectivity index (χ3n) is 4.84. The van der Waals surface area contributed by atoms with Crippen molar-refractivity contribution in [2.24, 2.45) is 5.73 Å². The number of benzene rings is 1. The van der Waals surface area contributed by atoms with E-state index in [1.165, 1.54) is 5.56 Å². The molecule has 0 bridgehead atoms. The van der Waals surface area contributed by atoms with Gasteiger partial charge in [-0.3, -0.25) is 9.69 Å². The predicted molar refractivity (Wildman–Crippen MR) is 104 cm³/mol. The van der Waals surface area contributed by atoms with Crippen LogP contribution in [0.1, 0.15) is 24.8 Å². The maximum Gasteiger partial charge on any atom is 0.225 e. The zero-order valence-corrected chi connectivity index (χ0v) is 16.1. The number of carbonyl (C=O) groups is 1. The van der Waals surface area contributed by atoms with E-state index in [-0.39, 0.29) is 42.9 Å². The molecule has 0 spiro atoms. The largest absolute Gasteiger partial charge is 0.375 e. The monoisotopic (exact) mass is 389 g/mol. The number of nitrogens with zero attached hydrogens (tertiary/aromatic N) is 2. The fourth-order valence-corrected chi connectivity index (χ4v) is 3.61. The van der Waals surface area contributed by atoms with Gasteiger partial charge in [0, 0.05) is 38.8 Å². The average Bonchev–Trinajstić information content (AvgIpc) is 3.05. The molecule has 1 amide bonds. The predicted octanol–water partition coefficient (Wildman–Crippen LogP) is 2.07. The van der Waals surface area contributed by atoms with E-state index in [2.05, 4.69) is 29.2 Å². The Kier molecular flexibility index (Phi) is 9.75. The molecule has 3 rings (SSSR count). The Morgan fingerprint density at radius 2 is 1.96 bits per heavy atom. The topological polar surface area (TPSA) is 58.8 Å². The van der Waals surface area contributed by atoms with Crippen molar-refractivity contribution in [1.82, 2.24) is 9.80 Å². The molecule has 2 unspecified atom stereocenters. The summed E-state index contributed by atoms with van der Waals surface area (Å²) in [5.74, 6) is 0.199. The maximum atomic E-state index is 12.5. The van der Waals surface area contributed by atoms with Crippen molar-refractivity contribution in [2.45, 2.75) is 38.0 Å². The van der Waals surface area contributed by atoms with Crippen LogP contribution in [0, 0.1) is 0 Å². The van der Waals surface area contributed by atoms with Crippen LogP contribution in [0.2, 0.25) is 0 Å². The number of likely N-dealkylation sites (tertiary alicyclic amines) is 1. The van der Waals surface area contributed by atoms with Gasteiger partial charge in [0.15, 0.2) is 0 Å². The molecule has 1 aromatic rings. The molecular weight excluding hydrogens is 361 g/mol. The molecule has 2 aliphatic rings. The quantitative estimate of drug-likeness (QED) is 0.837. The van der Waals surface area contributed by atoms with Crippen LogP contribution in [-0.2, 0) is 16.1 Å². The summed E-state index contributed by atoms with van der Waals surface area (Å²) in [5.41, 5.74) is 7.08. The molecule has 0 aromatic heterocycles. The highest BCUT2D eigenvalue weighted by molar-refractivity contribution is 5.85. The lowest BCUT2D eigenvalue weighted by Crippen LogP contribution is -2.46. The lowest BCUT2D eigenvalue weighted by molar-refractivity contribution is -0.137. The summed E-state index contributed by atoms with van der Waals surface area (Å²) in [6.45, 7) is 4.78. The number of amides is 1. The number of rotatable bonds is 5. The molecule has 2 aliphatic heterocycles. The minimum atomic E-state index is -0.000938. The molecule has 7 heteroatoms. The lowest BCUT2D eigenvalue weighted by atomic mass is 10.1. The van der Waals surface area contributed by atoms with Gasteiger partial charge in [-0.1, -0.05) is 30.3 Å². The number of hydrogen-bond donors (Lipinski definition) is 1. The summed E-state index contributed by atoms with van der Waals surface area (Å²) in [6, 6.07) is 10.7. The van der Waals surface area contributed by atoms with Crippen LogP contribution in [0.25, 0.3) is 0 Å². The van der Waals surface area contributed by atoms with Gasteiger partial charge in [-0.2, -0.15) is 0 Å². The van der Waals surface area contributed by atoms with Crippen molar-refractivity contribution in [3.05, 3.63) is 35.9 Å². The molecule has 2 N–H and O–H groups in total. The molecule has 0 radical (unpaired) electrons. The highest BCUT2D eigenvalue weighted by atomic mass is 35.5. The van der Waals surface area contributed by atoms with Gasteiger partial charge < -0.3 is 15.4 Å². The number of halogens is 2. The van der Waals surface area contributed by atoms with Crippen LogP contribution in [0.15, 0.2) is 30.3 Å². The normalized spacial score (nSPS) is 23.6. The van der Waals surface area contributed by atoms with Crippen molar-refractivity contribution in [2.75, 3.05) is 32.8 Å². The SMILES string of the molecule is Cl.Cl.NCC1CCCN1C(=O)CC1CN(Cc2ccccc2)CCO1. The molecule has 2 saturated heterocycles. The highest BCUT2D eigenvalue weighted by Crippen LogP contribution is 2.20. The molecular formula is C18H29Cl2N3O2. The van der Waals surface area contributed by atoms with Gasteiger partial charge in [0.1, 0.15) is 0 Å². The minimum absolute atomic E-state index is 0. The van der Waals surface area contributed by atoms with E-state index >= 15 is 0 Å². The van der Waals surface area contributed by atoms with Gasteiger partial charge in [0.2, 0.25) is 5.91 Å². The zero-order valence-electron chi connectivity index (χ0n) is 14.5. The summed E-state index contributed by atoms with van der Waals surface area (Å²) in [5, 5.41) is 0. The molecule has 5 nitrogen and oxygen atoms in total. The van der Waals surface area contributed by atoms with Crippen molar-refractivity contribution in [3.8, 4) is 0 Å². The maximum absolute atomic E-state index is 12.5. The second-order valence-electron chi connectivity index (χ2n) is 6.54. The molecule has 2 heterocycles. The van der Waals surface area contributed by atoms with Crippen LogP contribution in [-0.4, -0.2) is 60.6 Å². The Balaban J connectivity index is 0.00000156. The van der Waals surface area contributed by atoms with Crippen molar-refractivity contribution < 1.29 is 9.53 Å². The Morgan fingerprint density at radius 3 is 2.68 bits per heavy atom. The second kappa shape index (κ2) is 11.0. The van der Waals surface area contributed by atoms with E-state index < -0.39 is 0 Å². The Hall–Kier alpha value is -0.850. The molecule has 2 atom stereocenters. The van der Waals surface area contributed by atoms with Gasteiger partial charge >= 0.3 is 0 Å². The van der Waals surface area contributed by atoms with Crippen LogP contribution >= 0.6 is 24.8 Å². The summed E-state index contributed by atoms with van der Waals surface area (Å²) >= 11 is 0. The number of nitrogens with two attached hydrogens (primary N) is 1. The molecule has 142 valence electrons. The van der Waals surface area contributed by atoms with Crippen LogP contribution in [0.5, 0.6) is 0 Å². The van der Waals surface area contributed by atoms with Gasteiger partial charge in [-0.05, 0) is 18.4 Å². The first-order valence-corrected chi connectivity index (χ1v) is 8.63. The first-order chi connectivity index (χ1) is 11.3. The van der Waals surface area contributed by atoms with Crippen molar-refractivity contribution >= 4 is 30.7 Å². The zero-order chi connectivity index (χ0) is 16.1. The van der Waals surface area contributed by atoms with Crippen LogP contribution < -0.4 is 5.73 Å². The highest BCUT2D eigenvalue weighted by Gasteiger charge is 2.30. The number of morpholine rings is 1. The van der Waals surface area contributed by atoms with Crippen molar-refractivity contribution in [3.63, 3.8) is 0 Å². The van der Waals surface area contributed by atoms with Gasteiger partial charge in [0.25, 0.3) is 0 Å². The smallest absolute Gasteiger partial charge is 0.225 e. The van der Waals surface area contributed by atoms with Crippen molar-refractivity contribution in [1.29, 1.82) is 0 Å². The third kappa shape index (κ3) is 6.12. The van der Waals surface area contributed by atoms with E-state index in [0.29, 0.717) is 19.6 Å². The second-order valence-corrected chi connectivity index (χ2v) is 6.54. The Bertz CT molecular complexity index is 518. The fourth-order valence-electron chi connectivity index (χ4n) is 3.61. The summed E-state index contributed by atoms with van der Waals surface area (Å²) in [6.07, 6.45) is 2.58. The van der Waals surface area contributed by atoms with E-state index in [1.807, 2.05) is 11.0 Å². The van der Waals surface area contributed by atoms with Gasteiger partial charge in [-0.25, -0.2) is 0 Å². The first-order valence-electron chi connectivity index (χ1n) is 8.63. The number of hydrogen-bond acceptors (Lipinski definition) is 4.